The number of rotatable bonds is 5. The number of ether oxygens (including phenoxy) is 1. The Balaban J connectivity index is 0.00000196. The van der Waals surface area contributed by atoms with Crippen molar-refractivity contribution in [3.63, 3.8) is 0 Å². The molecule has 0 N–H and O–H groups in total. The van der Waals surface area contributed by atoms with Gasteiger partial charge in [-0.3, -0.25) is 9.89 Å². The number of aromatic nitrogens is 7. The van der Waals surface area contributed by atoms with Crippen LogP contribution in [0.1, 0.15) is 12.2 Å². The van der Waals surface area contributed by atoms with Crippen molar-refractivity contribution in [2.45, 2.75) is 19.9 Å². The molecule has 0 amide bonds. The van der Waals surface area contributed by atoms with Gasteiger partial charge in [0.1, 0.15) is 0 Å². The van der Waals surface area contributed by atoms with Crippen molar-refractivity contribution in [1.82, 2.24) is 34.5 Å². The summed E-state index contributed by atoms with van der Waals surface area (Å²) in [4.78, 5) is 21.3. The molecule has 9 nitrogen and oxygen atoms in total. The molecule has 135 valence electrons. The number of hydrogen-bond donors (Lipinski definition) is 0. The van der Waals surface area contributed by atoms with Crippen LogP contribution in [-0.2, 0) is 31.7 Å². The van der Waals surface area contributed by atoms with Crippen LogP contribution in [0.15, 0.2) is 29.5 Å². The Labute approximate surface area is 162 Å². The van der Waals surface area contributed by atoms with Crippen molar-refractivity contribution in [2.75, 3.05) is 13.7 Å². The van der Waals surface area contributed by atoms with E-state index in [2.05, 4.69) is 25.3 Å². The van der Waals surface area contributed by atoms with Gasteiger partial charge in [-0.2, -0.15) is 5.10 Å². The summed E-state index contributed by atoms with van der Waals surface area (Å²) < 4.78 is 8.27. The molecule has 0 atom stereocenters. The Morgan fingerprint density at radius 2 is 2.15 bits per heavy atom. The molecular formula is C16H16N7O2Re-. The van der Waals surface area contributed by atoms with Crippen molar-refractivity contribution in [2.24, 2.45) is 0 Å². The van der Waals surface area contributed by atoms with E-state index < -0.39 is 0 Å². The second-order valence-corrected chi connectivity index (χ2v) is 5.71. The molecule has 0 aliphatic carbocycles. The average Bonchev–Trinajstić information content (AvgIpc) is 3.23. The molecule has 4 aromatic rings. The van der Waals surface area contributed by atoms with E-state index in [0.29, 0.717) is 41.3 Å². The molecule has 0 fully saturated rings. The van der Waals surface area contributed by atoms with E-state index in [0.717, 1.165) is 11.8 Å². The van der Waals surface area contributed by atoms with Gasteiger partial charge in [-0.1, -0.05) is 0 Å². The topological polar surface area (TPSA) is 102 Å². The van der Waals surface area contributed by atoms with E-state index in [4.69, 9.17) is 4.74 Å². The largest absolute Gasteiger partial charge is 0.422 e. The standard InChI is InChI=1S/C16H16N7O2.Re/c1-10-18-14-12(8-17-20-14)15(19-10)23-9-11-4-6-22(5-3-7-25-2)16(24)13(11)21-23;/h4,6,8-9H,3,5,7H2,1-2H3;/q-1;. The van der Waals surface area contributed by atoms with Crippen molar-refractivity contribution in [3.8, 4) is 5.82 Å². The van der Waals surface area contributed by atoms with E-state index in [1.165, 1.54) is 0 Å². The quantitative estimate of drug-likeness (QED) is 0.357. The number of aryl methyl sites for hydroxylation is 2. The number of methoxy groups -OCH3 is 1. The molecule has 0 spiro atoms. The van der Waals surface area contributed by atoms with Gasteiger partial charge >= 0.3 is 0 Å². The molecule has 0 unspecified atom stereocenters. The van der Waals surface area contributed by atoms with Crippen LogP contribution in [0.4, 0.5) is 0 Å². The zero-order valence-corrected chi connectivity index (χ0v) is 17.0. The summed E-state index contributed by atoms with van der Waals surface area (Å²) in [6.07, 6.45) is 5.92. The molecule has 0 bridgehead atoms. The van der Waals surface area contributed by atoms with Gasteiger partial charge in [-0.25, -0.2) is 9.67 Å². The SMILES string of the molecule is COCCCn1ccc2cn(-c3nc(C)nc4[n-]ncc34)nc2c1=O.[Re]. The normalized spacial score (nSPS) is 11.2. The summed E-state index contributed by atoms with van der Waals surface area (Å²) in [5, 5.41) is 13.8. The number of nitrogens with zero attached hydrogens (tertiary/aromatic N) is 7. The van der Waals surface area contributed by atoms with Gasteiger partial charge in [0.05, 0.1) is 0 Å². The minimum absolute atomic E-state index is 0. The summed E-state index contributed by atoms with van der Waals surface area (Å²) in [5.74, 6) is 1.13. The van der Waals surface area contributed by atoms with Crippen molar-refractivity contribution < 1.29 is 25.2 Å². The predicted octanol–water partition coefficient (Wildman–Crippen LogP) is 0.825. The van der Waals surface area contributed by atoms with Gasteiger partial charge in [0.25, 0.3) is 5.56 Å². The van der Waals surface area contributed by atoms with Crippen LogP contribution < -0.4 is 10.7 Å². The van der Waals surface area contributed by atoms with E-state index in [9.17, 15) is 4.79 Å². The van der Waals surface area contributed by atoms with Gasteiger partial charge in [0.15, 0.2) is 11.3 Å². The number of hydrogen-bond acceptors (Lipinski definition) is 6. The summed E-state index contributed by atoms with van der Waals surface area (Å²) in [7, 11) is 1.64. The molecule has 0 saturated carbocycles. The van der Waals surface area contributed by atoms with Crippen LogP contribution in [0.25, 0.3) is 27.8 Å². The van der Waals surface area contributed by atoms with Crippen LogP contribution >= 0.6 is 0 Å². The van der Waals surface area contributed by atoms with Crippen molar-refractivity contribution in [1.29, 1.82) is 0 Å². The Morgan fingerprint density at radius 1 is 1.31 bits per heavy atom. The Morgan fingerprint density at radius 3 is 2.96 bits per heavy atom. The Bertz CT molecular complexity index is 1110. The van der Waals surface area contributed by atoms with Gasteiger partial charge in [0, 0.05) is 75.9 Å². The first-order chi connectivity index (χ1) is 12.2. The summed E-state index contributed by atoms with van der Waals surface area (Å²) >= 11 is 0. The summed E-state index contributed by atoms with van der Waals surface area (Å²) in [5.41, 5.74) is 0.781. The number of fused-ring (bicyclic) bond motifs is 2. The average molecular weight is 525 g/mol. The summed E-state index contributed by atoms with van der Waals surface area (Å²) in [6, 6.07) is 1.87. The third-order valence-corrected chi connectivity index (χ3v) is 3.96. The zero-order valence-electron chi connectivity index (χ0n) is 14.3. The first-order valence-electron chi connectivity index (χ1n) is 7.88. The Kier molecular flexibility index (Phi) is 5.27. The van der Waals surface area contributed by atoms with E-state index in [1.807, 2.05) is 6.07 Å². The maximum atomic E-state index is 12.6. The third kappa shape index (κ3) is 3.19. The molecule has 10 heteroatoms. The molecule has 0 aliphatic heterocycles. The molecule has 0 aromatic carbocycles. The Hall–Kier alpha value is -2.41. The molecule has 0 aliphatic rings. The predicted molar refractivity (Wildman–Crippen MR) is 90.8 cm³/mol. The van der Waals surface area contributed by atoms with Gasteiger partial charge in [-0.05, 0) is 25.1 Å². The van der Waals surface area contributed by atoms with Gasteiger partial charge < -0.3 is 19.4 Å². The maximum Gasteiger partial charge on any atom is 0.278 e. The molecular weight excluding hydrogens is 508 g/mol. The summed E-state index contributed by atoms with van der Waals surface area (Å²) in [6.45, 7) is 2.97. The van der Waals surface area contributed by atoms with Crippen LogP contribution in [0.2, 0.25) is 0 Å². The fourth-order valence-electron chi connectivity index (χ4n) is 2.77. The van der Waals surface area contributed by atoms with Gasteiger partial charge in [-0.15, -0.1) is 0 Å². The fourth-order valence-corrected chi connectivity index (χ4v) is 2.77. The minimum Gasteiger partial charge on any atom is -0.422 e. The second kappa shape index (κ2) is 7.45. The van der Waals surface area contributed by atoms with Crippen LogP contribution in [0.5, 0.6) is 0 Å². The monoisotopic (exact) mass is 525 g/mol. The fraction of sp³-hybridized carbons (Fsp3) is 0.312. The van der Waals surface area contributed by atoms with Crippen LogP contribution in [0.3, 0.4) is 0 Å². The maximum absolute atomic E-state index is 12.6. The molecule has 4 rings (SSSR count). The third-order valence-electron chi connectivity index (χ3n) is 3.96. The van der Waals surface area contributed by atoms with E-state index in [-0.39, 0.29) is 26.0 Å². The zero-order chi connectivity index (χ0) is 17.4. The molecule has 26 heavy (non-hydrogen) atoms. The van der Waals surface area contributed by atoms with E-state index in [1.54, 1.807) is 41.9 Å². The van der Waals surface area contributed by atoms with Crippen molar-refractivity contribution >= 4 is 21.9 Å². The van der Waals surface area contributed by atoms with Crippen molar-refractivity contribution in [3.05, 3.63) is 40.8 Å². The number of pyridine rings is 1. The van der Waals surface area contributed by atoms with Gasteiger partial charge in [0.2, 0.25) is 0 Å². The molecule has 1 radical (unpaired) electrons. The smallest absolute Gasteiger partial charge is 0.278 e. The first kappa shape index (κ1) is 18.4. The molecule has 0 saturated heterocycles. The van der Waals surface area contributed by atoms with Crippen LogP contribution in [-0.4, -0.2) is 43.1 Å². The first-order valence-corrected chi connectivity index (χ1v) is 7.88. The second-order valence-electron chi connectivity index (χ2n) is 5.71. The molecule has 4 heterocycles. The molecule has 4 aromatic heterocycles. The minimum atomic E-state index is -0.131. The van der Waals surface area contributed by atoms with E-state index >= 15 is 0 Å². The van der Waals surface area contributed by atoms with Crippen LogP contribution in [0, 0.1) is 6.92 Å².